The van der Waals surface area contributed by atoms with Gasteiger partial charge < -0.3 is 10.2 Å². The Balaban J connectivity index is 1.34. The third-order valence-corrected chi connectivity index (χ3v) is 5.51. The quantitative estimate of drug-likeness (QED) is 0.414. The zero-order chi connectivity index (χ0) is 21.1. The summed E-state index contributed by atoms with van der Waals surface area (Å²) in [5.74, 6) is 1.72. The largest absolute Gasteiger partial charge is 0.385 e. The number of rotatable bonds is 7. The number of unbranched alkanes of at least 4 members (excludes halogenated alkanes) is 1. The zero-order valence-corrected chi connectivity index (χ0v) is 16.6. The van der Waals surface area contributed by atoms with E-state index in [1.807, 2.05) is 23.0 Å². The molecule has 2 aliphatic rings. The van der Waals surface area contributed by atoms with Crippen LogP contribution in [0.3, 0.4) is 0 Å². The first-order valence-electron chi connectivity index (χ1n) is 10.1. The Bertz CT molecular complexity index is 1040. The fourth-order valence-electron chi connectivity index (χ4n) is 3.93. The SMILES string of the molecule is C#Cc1cnn(CCCCNc2cccc3c2CN(C2CCC(=O)NC2=O)C3=O)c1. The Hall–Kier alpha value is -3.60. The van der Waals surface area contributed by atoms with Gasteiger partial charge in [0.15, 0.2) is 0 Å². The highest BCUT2D eigenvalue weighted by Gasteiger charge is 2.39. The molecule has 2 N–H and O–H groups in total. The predicted molar refractivity (Wildman–Crippen MR) is 110 cm³/mol. The first-order chi connectivity index (χ1) is 14.6. The van der Waals surface area contributed by atoms with Crippen molar-refractivity contribution in [2.75, 3.05) is 11.9 Å². The van der Waals surface area contributed by atoms with Gasteiger partial charge in [-0.15, -0.1) is 6.42 Å². The van der Waals surface area contributed by atoms with E-state index in [2.05, 4.69) is 21.7 Å². The molecule has 1 unspecified atom stereocenters. The number of nitrogens with one attached hydrogen (secondary N) is 2. The maximum atomic E-state index is 12.8. The van der Waals surface area contributed by atoms with Crippen LogP contribution in [0.4, 0.5) is 5.69 Å². The van der Waals surface area contributed by atoms with Gasteiger partial charge in [-0.1, -0.05) is 12.0 Å². The summed E-state index contributed by atoms with van der Waals surface area (Å²) in [4.78, 5) is 38.0. The summed E-state index contributed by atoms with van der Waals surface area (Å²) < 4.78 is 1.84. The first kappa shape index (κ1) is 19.7. The molecule has 0 saturated carbocycles. The molecular formula is C22H23N5O3. The molecule has 154 valence electrons. The summed E-state index contributed by atoms with van der Waals surface area (Å²) in [5, 5.41) is 9.96. The van der Waals surface area contributed by atoms with Gasteiger partial charge in [0.1, 0.15) is 6.04 Å². The number of nitrogens with zero attached hydrogens (tertiary/aromatic N) is 3. The van der Waals surface area contributed by atoms with Gasteiger partial charge in [0.2, 0.25) is 11.8 Å². The van der Waals surface area contributed by atoms with Crippen LogP contribution < -0.4 is 10.6 Å². The van der Waals surface area contributed by atoms with Crippen LogP contribution in [-0.2, 0) is 22.7 Å². The third kappa shape index (κ3) is 3.92. The van der Waals surface area contributed by atoms with E-state index in [0.29, 0.717) is 18.5 Å². The molecule has 3 heterocycles. The number of hydrogen-bond donors (Lipinski definition) is 2. The van der Waals surface area contributed by atoms with Crippen molar-refractivity contribution in [2.45, 2.75) is 44.8 Å². The highest BCUT2D eigenvalue weighted by atomic mass is 16.2. The van der Waals surface area contributed by atoms with E-state index in [-0.39, 0.29) is 18.2 Å². The third-order valence-electron chi connectivity index (χ3n) is 5.51. The summed E-state index contributed by atoms with van der Waals surface area (Å²) in [7, 11) is 0. The smallest absolute Gasteiger partial charge is 0.255 e. The molecule has 2 aromatic rings. The molecule has 8 nitrogen and oxygen atoms in total. The number of imide groups is 1. The van der Waals surface area contributed by atoms with Crippen LogP contribution in [0.1, 0.15) is 47.2 Å². The fraction of sp³-hybridized carbons (Fsp3) is 0.364. The number of piperidine rings is 1. The van der Waals surface area contributed by atoms with Gasteiger partial charge >= 0.3 is 0 Å². The van der Waals surface area contributed by atoms with E-state index in [0.717, 1.165) is 42.7 Å². The summed E-state index contributed by atoms with van der Waals surface area (Å²) in [5.41, 5.74) is 3.20. The molecule has 3 amide bonds. The number of hydrogen-bond acceptors (Lipinski definition) is 5. The monoisotopic (exact) mass is 405 g/mol. The lowest BCUT2D eigenvalue weighted by molar-refractivity contribution is -0.136. The molecular weight excluding hydrogens is 382 g/mol. The molecule has 30 heavy (non-hydrogen) atoms. The number of amides is 3. The number of anilines is 1. The fourth-order valence-corrected chi connectivity index (χ4v) is 3.93. The molecule has 4 rings (SSSR count). The molecule has 0 aliphatic carbocycles. The van der Waals surface area contributed by atoms with E-state index < -0.39 is 11.9 Å². The molecule has 0 radical (unpaired) electrons. The van der Waals surface area contributed by atoms with E-state index in [4.69, 9.17) is 6.42 Å². The molecule has 0 bridgehead atoms. The van der Waals surface area contributed by atoms with Crippen LogP contribution >= 0.6 is 0 Å². The van der Waals surface area contributed by atoms with Gasteiger partial charge in [-0.3, -0.25) is 24.4 Å². The number of benzene rings is 1. The van der Waals surface area contributed by atoms with Crippen LogP contribution in [0.25, 0.3) is 0 Å². The molecule has 8 heteroatoms. The summed E-state index contributed by atoms with van der Waals surface area (Å²) >= 11 is 0. The van der Waals surface area contributed by atoms with Crippen molar-refractivity contribution in [1.82, 2.24) is 20.0 Å². The van der Waals surface area contributed by atoms with Crippen LogP contribution in [-0.4, -0.2) is 45.0 Å². The molecule has 1 fully saturated rings. The van der Waals surface area contributed by atoms with Gasteiger partial charge in [-0.2, -0.15) is 5.10 Å². The van der Waals surface area contributed by atoms with E-state index in [1.54, 1.807) is 17.2 Å². The minimum Gasteiger partial charge on any atom is -0.385 e. The maximum Gasteiger partial charge on any atom is 0.255 e. The summed E-state index contributed by atoms with van der Waals surface area (Å²) in [6, 6.07) is 4.98. The second-order valence-electron chi connectivity index (χ2n) is 7.50. The lowest BCUT2D eigenvalue weighted by Crippen LogP contribution is -2.52. The standard InChI is InChI=1S/C22H23N5O3/c1-2-15-12-24-26(13-15)11-4-3-10-23-18-7-5-6-16-17(18)14-27(22(16)30)19-8-9-20(28)25-21(19)29/h1,5-7,12-13,19,23H,3-4,8-11,14H2,(H,25,28,29). The molecule has 2 aliphatic heterocycles. The number of aryl methyl sites for hydroxylation is 1. The Morgan fingerprint density at radius 2 is 2.13 bits per heavy atom. The van der Waals surface area contributed by atoms with Crippen molar-refractivity contribution in [3.8, 4) is 12.3 Å². The van der Waals surface area contributed by atoms with Crippen LogP contribution in [0, 0.1) is 12.3 Å². The Labute approximate surface area is 174 Å². The van der Waals surface area contributed by atoms with Crippen LogP contribution in [0.15, 0.2) is 30.6 Å². The first-order valence-corrected chi connectivity index (χ1v) is 10.1. The van der Waals surface area contributed by atoms with Crippen molar-refractivity contribution in [2.24, 2.45) is 0 Å². The van der Waals surface area contributed by atoms with E-state index in [1.165, 1.54) is 0 Å². The Morgan fingerprint density at radius 1 is 1.27 bits per heavy atom. The number of terminal acetylenes is 1. The van der Waals surface area contributed by atoms with Gasteiger partial charge in [0, 0.05) is 49.1 Å². The van der Waals surface area contributed by atoms with Crippen LogP contribution in [0.5, 0.6) is 0 Å². The molecule has 0 spiro atoms. The minimum absolute atomic E-state index is 0.161. The predicted octanol–water partition coefficient (Wildman–Crippen LogP) is 1.52. The highest BCUT2D eigenvalue weighted by Crippen LogP contribution is 2.32. The van der Waals surface area contributed by atoms with Gasteiger partial charge in [-0.25, -0.2) is 0 Å². The minimum atomic E-state index is -0.600. The topological polar surface area (TPSA) is 96.3 Å². The van der Waals surface area contributed by atoms with E-state index >= 15 is 0 Å². The average Bonchev–Trinajstić information content (AvgIpc) is 3.33. The lowest BCUT2D eigenvalue weighted by atomic mass is 10.0. The molecule has 1 atom stereocenters. The van der Waals surface area contributed by atoms with E-state index in [9.17, 15) is 14.4 Å². The maximum absolute atomic E-state index is 12.8. The number of carbonyl (C=O) groups excluding carboxylic acids is 3. The second-order valence-corrected chi connectivity index (χ2v) is 7.50. The Morgan fingerprint density at radius 3 is 2.90 bits per heavy atom. The number of carbonyl (C=O) groups is 3. The second kappa shape index (κ2) is 8.41. The normalized spacial score (nSPS) is 18.2. The van der Waals surface area contributed by atoms with Gasteiger partial charge in [0.05, 0.1) is 11.8 Å². The Kier molecular flexibility index (Phi) is 5.53. The van der Waals surface area contributed by atoms with Crippen molar-refractivity contribution < 1.29 is 14.4 Å². The lowest BCUT2D eigenvalue weighted by Gasteiger charge is -2.29. The van der Waals surface area contributed by atoms with Crippen molar-refractivity contribution >= 4 is 23.4 Å². The average molecular weight is 405 g/mol. The summed E-state index contributed by atoms with van der Waals surface area (Å²) in [6.45, 7) is 1.91. The van der Waals surface area contributed by atoms with Gasteiger partial charge in [0.25, 0.3) is 5.91 Å². The van der Waals surface area contributed by atoms with Crippen molar-refractivity contribution in [3.63, 3.8) is 0 Å². The van der Waals surface area contributed by atoms with Crippen molar-refractivity contribution in [3.05, 3.63) is 47.3 Å². The zero-order valence-electron chi connectivity index (χ0n) is 16.6. The summed E-state index contributed by atoms with van der Waals surface area (Å²) in [6.07, 6.45) is 11.4. The van der Waals surface area contributed by atoms with Crippen LogP contribution in [0.2, 0.25) is 0 Å². The molecule has 1 saturated heterocycles. The van der Waals surface area contributed by atoms with Gasteiger partial charge in [-0.05, 0) is 31.4 Å². The van der Waals surface area contributed by atoms with Crippen molar-refractivity contribution in [1.29, 1.82) is 0 Å². The highest BCUT2D eigenvalue weighted by molar-refractivity contribution is 6.06. The molecule has 1 aromatic carbocycles. The number of aromatic nitrogens is 2. The number of fused-ring (bicyclic) bond motifs is 1. The molecule has 1 aromatic heterocycles.